The van der Waals surface area contributed by atoms with Gasteiger partial charge in [-0.05, 0) is 23.1 Å². The van der Waals surface area contributed by atoms with Gasteiger partial charge in [-0.1, -0.05) is 89.2 Å². The fourth-order valence-corrected chi connectivity index (χ4v) is 2.85. The Hall–Kier alpha value is -1.93. The van der Waals surface area contributed by atoms with Crippen LogP contribution in [0, 0.1) is 5.41 Å². The number of carbonyl (C=O) groups excluding carboxylic acids is 1. The largest absolute Gasteiger partial charge is 0.305 e. The normalized spacial score (nSPS) is 13.1. The van der Waals surface area contributed by atoms with Crippen molar-refractivity contribution in [2.75, 3.05) is 0 Å². The molecule has 2 nitrogen and oxygen atoms in total. The predicted octanol–water partition coefficient (Wildman–Crippen LogP) is 4.88. The number of hydrogen-bond acceptors (Lipinski definition) is 2. The van der Waals surface area contributed by atoms with Crippen molar-refractivity contribution in [3.63, 3.8) is 0 Å². The van der Waals surface area contributed by atoms with Crippen LogP contribution in [0.2, 0.25) is 0 Å². The van der Waals surface area contributed by atoms with E-state index in [4.69, 9.17) is 0 Å². The molecule has 0 saturated carbocycles. The van der Waals surface area contributed by atoms with Gasteiger partial charge < -0.3 is 5.32 Å². The predicted molar refractivity (Wildman–Crippen MR) is 102 cm³/mol. The Morgan fingerprint density at radius 3 is 1.96 bits per heavy atom. The van der Waals surface area contributed by atoms with Crippen molar-refractivity contribution in [3.8, 4) is 11.1 Å². The van der Waals surface area contributed by atoms with Gasteiger partial charge in [0, 0.05) is 11.5 Å². The van der Waals surface area contributed by atoms with E-state index in [1.165, 1.54) is 16.7 Å². The molecule has 128 valence electrons. The number of carbonyl (C=O) groups is 1. The Kier molecular flexibility index (Phi) is 5.95. The second-order valence-electron chi connectivity index (χ2n) is 7.76. The number of nitrogens with one attached hydrogen (secondary N) is 1. The minimum absolute atomic E-state index is 0.146. The summed E-state index contributed by atoms with van der Waals surface area (Å²) >= 11 is 0. The summed E-state index contributed by atoms with van der Waals surface area (Å²) in [6.45, 7) is 10.1. The molecule has 0 aliphatic heterocycles. The van der Waals surface area contributed by atoms with Gasteiger partial charge in [0.05, 0.1) is 6.04 Å². The molecule has 0 aromatic heterocycles. The molecule has 0 saturated heterocycles. The molecule has 2 aromatic rings. The van der Waals surface area contributed by atoms with Crippen molar-refractivity contribution in [2.24, 2.45) is 5.41 Å². The van der Waals surface area contributed by atoms with Gasteiger partial charge >= 0.3 is 0 Å². The molecule has 0 bridgehead atoms. The van der Waals surface area contributed by atoms with Gasteiger partial charge in [0.25, 0.3) is 0 Å². The summed E-state index contributed by atoms with van der Waals surface area (Å²) in [6.07, 6.45) is 0.726. The van der Waals surface area contributed by atoms with Crippen LogP contribution in [0.4, 0.5) is 0 Å². The van der Waals surface area contributed by atoms with Crippen LogP contribution in [0.15, 0.2) is 54.6 Å². The zero-order valence-corrected chi connectivity index (χ0v) is 15.5. The van der Waals surface area contributed by atoms with Gasteiger partial charge in [-0.3, -0.25) is 4.79 Å². The summed E-state index contributed by atoms with van der Waals surface area (Å²) in [4.78, 5) is 12.7. The fourth-order valence-electron chi connectivity index (χ4n) is 2.85. The monoisotopic (exact) mass is 323 g/mol. The molecule has 24 heavy (non-hydrogen) atoms. The maximum Gasteiger partial charge on any atom is 0.155 e. The van der Waals surface area contributed by atoms with Crippen LogP contribution in [0.5, 0.6) is 0 Å². The Bertz CT molecular complexity index is 651. The first-order chi connectivity index (χ1) is 11.3. The van der Waals surface area contributed by atoms with Gasteiger partial charge in [0.15, 0.2) is 5.78 Å². The molecular formula is C22H29NO. The van der Waals surface area contributed by atoms with Crippen LogP contribution in [0.3, 0.4) is 0 Å². The number of rotatable bonds is 6. The van der Waals surface area contributed by atoms with E-state index in [0.717, 1.165) is 6.42 Å². The third kappa shape index (κ3) is 5.04. The maximum absolute atomic E-state index is 12.7. The molecular weight excluding hydrogens is 294 g/mol. The highest BCUT2D eigenvalue weighted by Gasteiger charge is 2.29. The molecule has 0 spiro atoms. The number of benzene rings is 2. The van der Waals surface area contributed by atoms with Gasteiger partial charge in [-0.2, -0.15) is 0 Å². The standard InChI is InChI=1S/C22H29NO/c1-16(2)23-20(21(24)22(3,4)5)15-17-11-13-19(14-12-17)18-9-7-6-8-10-18/h6-14,16,20,23H,15H2,1-5H3/t20-/m1/s1. The minimum Gasteiger partial charge on any atom is -0.305 e. The summed E-state index contributed by atoms with van der Waals surface area (Å²) in [5, 5.41) is 3.43. The van der Waals surface area contributed by atoms with E-state index in [2.05, 4.69) is 55.6 Å². The molecule has 2 rings (SSSR count). The van der Waals surface area contributed by atoms with Crippen molar-refractivity contribution < 1.29 is 4.79 Å². The van der Waals surface area contributed by atoms with Crippen LogP contribution >= 0.6 is 0 Å². The van der Waals surface area contributed by atoms with Crippen molar-refractivity contribution >= 4 is 5.78 Å². The Labute approximate surface area is 146 Å². The van der Waals surface area contributed by atoms with Crippen molar-refractivity contribution in [2.45, 2.75) is 53.1 Å². The Morgan fingerprint density at radius 1 is 0.917 bits per heavy atom. The average Bonchev–Trinajstić information content (AvgIpc) is 2.54. The van der Waals surface area contributed by atoms with Crippen LogP contribution in [-0.4, -0.2) is 17.9 Å². The second kappa shape index (κ2) is 7.76. The topological polar surface area (TPSA) is 29.1 Å². The lowest BCUT2D eigenvalue weighted by molar-refractivity contribution is -0.128. The molecule has 2 heteroatoms. The van der Waals surface area contributed by atoms with Gasteiger partial charge in [-0.15, -0.1) is 0 Å². The maximum atomic E-state index is 12.7. The molecule has 0 unspecified atom stereocenters. The lowest BCUT2D eigenvalue weighted by Gasteiger charge is -2.27. The first-order valence-electron chi connectivity index (χ1n) is 8.72. The van der Waals surface area contributed by atoms with E-state index in [1.807, 2.05) is 39.0 Å². The highest BCUT2D eigenvalue weighted by molar-refractivity contribution is 5.89. The van der Waals surface area contributed by atoms with Gasteiger partial charge in [-0.25, -0.2) is 0 Å². The zero-order chi connectivity index (χ0) is 17.7. The molecule has 1 atom stereocenters. The summed E-state index contributed by atoms with van der Waals surface area (Å²) < 4.78 is 0. The number of Topliss-reactive ketones (excluding diaryl/α,β-unsaturated/α-hetero) is 1. The number of ketones is 1. The third-order valence-electron chi connectivity index (χ3n) is 4.09. The summed E-state index contributed by atoms with van der Waals surface area (Å²) in [6, 6.07) is 19.0. The molecule has 0 radical (unpaired) electrons. The van der Waals surface area contributed by atoms with E-state index in [1.54, 1.807) is 0 Å². The van der Waals surface area contributed by atoms with E-state index in [9.17, 15) is 4.79 Å². The average molecular weight is 323 g/mol. The molecule has 2 aromatic carbocycles. The first kappa shape index (κ1) is 18.4. The van der Waals surface area contributed by atoms with Crippen molar-refractivity contribution in [1.82, 2.24) is 5.32 Å². The highest BCUT2D eigenvalue weighted by atomic mass is 16.1. The Morgan fingerprint density at radius 2 is 1.46 bits per heavy atom. The van der Waals surface area contributed by atoms with E-state index >= 15 is 0 Å². The second-order valence-corrected chi connectivity index (χ2v) is 7.76. The van der Waals surface area contributed by atoms with Crippen LogP contribution in [0.1, 0.15) is 40.2 Å². The summed E-state index contributed by atoms with van der Waals surface area (Å²) in [7, 11) is 0. The molecule has 0 amide bonds. The lowest BCUT2D eigenvalue weighted by Crippen LogP contribution is -2.47. The van der Waals surface area contributed by atoms with E-state index < -0.39 is 0 Å². The van der Waals surface area contributed by atoms with Gasteiger partial charge in [0.1, 0.15) is 0 Å². The fraction of sp³-hybridized carbons (Fsp3) is 0.409. The SMILES string of the molecule is CC(C)N[C@H](Cc1ccc(-c2ccccc2)cc1)C(=O)C(C)(C)C. The lowest BCUT2D eigenvalue weighted by atomic mass is 9.84. The minimum atomic E-state index is -0.337. The van der Waals surface area contributed by atoms with Crippen molar-refractivity contribution in [3.05, 3.63) is 60.2 Å². The van der Waals surface area contributed by atoms with E-state index in [-0.39, 0.29) is 23.3 Å². The zero-order valence-electron chi connectivity index (χ0n) is 15.5. The Balaban J connectivity index is 2.16. The molecule has 0 aliphatic carbocycles. The summed E-state index contributed by atoms with van der Waals surface area (Å²) in [5.41, 5.74) is 3.27. The quantitative estimate of drug-likeness (QED) is 0.821. The van der Waals surface area contributed by atoms with Crippen LogP contribution < -0.4 is 5.32 Å². The highest BCUT2D eigenvalue weighted by Crippen LogP contribution is 2.22. The molecule has 1 N–H and O–H groups in total. The van der Waals surface area contributed by atoms with Crippen LogP contribution in [-0.2, 0) is 11.2 Å². The van der Waals surface area contributed by atoms with Crippen molar-refractivity contribution in [1.29, 1.82) is 0 Å². The summed E-state index contributed by atoms with van der Waals surface area (Å²) in [5.74, 6) is 0.267. The van der Waals surface area contributed by atoms with Gasteiger partial charge in [0.2, 0.25) is 0 Å². The molecule has 0 fully saturated rings. The molecule has 0 aliphatic rings. The van der Waals surface area contributed by atoms with Crippen LogP contribution in [0.25, 0.3) is 11.1 Å². The van der Waals surface area contributed by atoms with E-state index in [0.29, 0.717) is 0 Å². The molecule has 0 heterocycles. The number of hydrogen-bond donors (Lipinski definition) is 1. The first-order valence-corrected chi connectivity index (χ1v) is 8.72. The third-order valence-corrected chi connectivity index (χ3v) is 4.09. The smallest absolute Gasteiger partial charge is 0.155 e.